The Morgan fingerprint density at radius 2 is 1.67 bits per heavy atom. The van der Waals surface area contributed by atoms with Crippen LogP contribution < -0.4 is 4.74 Å². The first kappa shape index (κ1) is 20.5. The van der Waals surface area contributed by atoms with Crippen molar-refractivity contribution in [3.63, 3.8) is 0 Å². The van der Waals surface area contributed by atoms with Gasteiger partial charge in [0, 0.05) is 24.2 Å². The van der Waals surface area contributed by atoms with E-state index in [9.17, 15) is 17.2 Å². The lowest BCUT2D eigenvalue weighted by atomic mass is 10.1. The van der Waals surface area contributed by atoms with Gasteiger partial charge in [-0.1, -0.05) is 42.5 Å². The molecule has 5 nitrogen and oxygen atoms in total. The van der Waals surface area contributed by atoms with Crippen molar-refractivity contribution in [2.45, 2.75) is 24.6 Å². The number of benzene rings is 3. The monoisotopic (exact) mass is 431 g/mol. The molecule has 0 amide bonds. The van der Waals surface area contributed by atoms with Crippen molar-refractivity contribution in [3.8, 4) is 5.75 Å². The van der Waals surface area contributed by atoms with Crippen LogP contribution in [0.15, 0.2) is 71.6 Å². The fourth-order valence-corrected chi connectivity index (χ4v) is 4.84. The number of rotatable bonds is 6. The van der Waals surface area contributed by atoms with Gasteiger partial charge in [0.25, 0.3) is 0 Å². The summed E-state index contributed by atoms with van der Waals surface area (Å²) in [5.41, 5.74) is 1.57. The van der Waals surface area contributed by atoms with Crippen LogP contribution >= 0.6 is 0 Å². The van der Waals surface area contributed by atoms with Crippen molar-refractivity contribution in [1.82, 2.24) is 4.31 Å². The van der Waals surface area contributed by atoms with E-state index in [-0.39, 0.29) is 26.5 Å². The van der Waals surface area contributed by atoms with Crippen LogP contribution in [-0.4, -0.2) is 19.5 Å². The fourth-order valence-electron chi connectivity index (χ4n) is 3.37. The van der Waals surface area contributed by atoms with E-state index < -0.39 is 26.6 Å². The second kappa shape index (κ2) is 8.51. The Kier molecular flexibility index (Phi) is 5.80. The Morgan fingerprint density at radius 1 is 0.933 bits per heavy atom. The number of hydrogen-bond acceptors (Lipinski definition) is 4. The van der Waals surface area contributed by atoms with Crippen molar-refractivity contribution in [1.29, 1.82) is 0 Å². The molecule has 0 fully saturated rings. The van der Waals surface area contributed by atoms with Gasteiger partial charge in [-0.05, 0) is 29.8 Å². The second-order valence-corrected chi connectivity index (χ2v) is 8.76. The highest BCUT2D eigenvalue weighted by Gasteiger charge is 2.29. The van der Waals surface area contributed by atoms with E-state index in [0.29, 0.717) is 22.4 Å². The van der Waals surface area contributed by atoms with Crippen LogP contribution in [0.1, 0.15) is 16.7 Å². The van der Waals surface area contributed by atoms with Crippen LogP contribution in [0.3, 0.4) is 0 Å². The van der Waals surface area contributed by atoms with Gasteiger partial charge in [-0.3, -0.25) is 0 Å². The molecule has 0 radical (unpaired) electrons. The first-order chi connectivity index (χ1) is 14.4. The second-order valence-electron chi connectivity index (χ2n) is 6.85. The van der Waals surface area contributed by atoms with Crippen LogP contribution in [0, 0.1) is 11.6 Å². The summed E-state index contributed by atoms with van der Waals surface area (Å²) in [4.78, 5) is -0.435. The third-order valence-corrected chi connectivity index (χ3v) is 6.58. The standard InChI is InChI=1S/C22H19F2NO4S/c23-19-10-17(22-18(11-19)14-28-15-29-22)13-25(12-16-6-2-1-3-7-16)30(26,27)21-9-5-4-8-20(21)24/h1-11H,12-15H2. The summed E-state index contributed by atoms with van der Waals surface area (Å²) in [5.74, 6) is -0.980. The summed E-state index contributed by atoms with van der Waals surface area (Å²) >= 11 is 0. The lowest BCUT2D eigenvalue weighted by Gasteiger charge is -2.26. The predicted octanol–water partition coefficient (Wildman–Crippen LogP) is 4.22. The van der Waals surface area contributed by atoms with Crippen LogP contribution in [0.5, 0.6) is 5.75 Å². The Morgan fingerprint density at radius 3 is 2.43 bits per heavy atom. The molecule has 4 rings (SSSR count). The van der Waals surface area contributed by atoms with Crippen molar-refractivity contribution < 1.29 is 26.7 Å². The largest absolute Gasteiger partial charge is 0.467 e. The highest BCUT2D eigenvalue weighted by molar-refractivity contribution is 7.89. The minimum absolute atomic E-state index is 0.00954. The van der Waals surface area contributed by atoms with E-state index in [1.807, 2.05) is 6.07 Å². The summed E-state index contributed by atoms with van der Waals surface area (Å²) in [5, 5.41) is 0. The van der Waals surface area contributed by atoms with Gasteiger partial charge in [0.2, 0.25) is 10.0 Å². The Hall–Kier alpha value is -2.81. The average Bonchev–Trinajstić information content (AvgIpc) is 2.74. The zero-order valence-corrected chi connectivity index (χ0v) is 16.7. The van der Waals surface area contributed by atoms with Gasteiger partial charge >= 0.3 is 0 Å². The molecule has 8 heteroatoms. The molecule has 3 aromatic rings. The summed E-state index contributed by atoms with van der Waals surface area (Å²) in [6.45, 7) is -0.0474. The number of sulfonamides is 1. The molecule has 1 aliphatic heterocycles. The molecule has 0 N–H and O–H groups in total. The Bertz CT molecular complexity index is 1150. The highest BCUT2D eigenvalue weighted by Crippen LogP contribution is 2.32. The smallest absolute Gasteiger partial charge is 0.246 e. The van der Waals surface area contributed by atoms with E-state index in [1.54, 1.807) is 24.3 Å². The lowest BCUT2D eigenvalue weighted by molar-refractivity contribution is -0.0175. The predicted molar refractivity (Wildman–Crippen MR) is 106 cm³/mol. The summed E-state index contributed by atoms with van der Waals surface area (Å²) < 4.78 is 67.0. The number of ether oxygens (including phenoxy) is 2. The van der Waals surface area contributed by atoms with Crippen LogP contribution in [-0.2, 0) is 34.5 Å². The highest BCUT2D eigenvalue weighted by atomic mass is 32.2. The van der Waals surface area contributed by atoms with Crippen LogP contribution in [0.25, 0.3) is 0 Å². The van der Waals surface area contributed by atoms with Gasteiger partial charge in [-0.15, -0.1) is 0 Å². The van der Waals surface area contributed by atoms with Gasteiger partial charge in [0.15, 0.2) is 6.79 Å². The maximum absolute atomic E-state index is 14.4. The van der Waals surface area contributed by atoms with Gasteiger partial charge in [-0.25, -0.2) is 17.2 Å². The normalized spacial score (nSPS) is 13.7. The third-order valence-electron chi connectivity index (χ3n) is 4.75. The first-order valence-corrected chi connectivity index (χ1v) is 10.7. The minimum atomic E-state index is -4.22. The molecule has 1 heterocycles. The molecule has 0 aromatic heterocycles. The maximum Gasteiger partial charge on any atom is 0.246 e. The van der Waals surface area contributed by atoms with E-state index in [0.717, 1.165) is 10.4 Å². The zero-order chi connectivity index (χ0) is 21.1. The van der Waals surface area contributed by atoms with Crippen molar-refractivity contribution in [3.05, 3.63) is 95.1 Å². The minimum Gasteiger partial charge on any atom is -0.467 e. The maximum atomic E-state index is 14.4. The van der Waals surface area contributed by atoms with E-state index in [4.69, 9.17) is 9.47 Å². The van der Waals surface area contributed by atoms with Crippen molar-refractivity contribution in [2.75, 3.05) is 6.79 Å². The first-order valence-electron chi connectivity index (χ1n) is 9.25. The number of nitrogens with zero attached hydrogens (tertiary/aromatic N) is 1. The summed E-state index contributed by atoms with van der Waals surface area (Å²) in [6.07, 6.45) is 0. The number of fused-ring (bicyclic) bond motifs is 1. The Labute approximate surface area is 173 Å². The molecule has 3 aromatic carbocycles. The topological polar surface area (TPSA) is 55.8 Å². The SMILES string of the molecule is O=S(=O)(c1ccccc1F)N(Cc1ccccc1)Cc1cc(F)cc2c1OCOC2. The van der Waals surface area contributed by atoms with Gasteiger partial charge in [-0.2, -0.15) is 4.31 Å². The molecule has 0 atom stereocenters. The molecule has 0 saturated carbocycles. The molecule has 30 heavy (non-hydrogen) atoms. The van der Waals surface area contributed by atoms with Crippen molar-refractivity contribution >= 4 is 10.0 Å². The van der Waals surface area contributed by atoms with Crippen LogP contribution in [0.4, 0.5) is 8.78 Å². The molecular weight excluding hydrogens is 412 g/mol. The fraction of sp³-hybridized carbons (Fsp3) is 0.182. The van der Waals surface area contributed by atoms with E-state index in [2.05, 4.69) is 0 Å². The molecule has 0 aliphatic carbocycles. The quantitative estimate of drug-likeness (QED) is 0.586. The molecule has 0 unspecified atom stereocenters. The third kappa shape index (κ3) is 4.21. The molecule has 0 spiro atoms. The van der Waals surface area contributed by atoms with Crippen molar-refractivity contribution in [2.24, 2.45) is 0 Å². The summed E-state index contributed by atoms with van der Waals surface area (Å²) in [7, 11) is -4.22. The lowest BCUT2D eigenvalue weighted by Crippen LogP contribution is -2.31. The van der Waals surface area contributed by atoms with Gasteiger partial charge in [0.1, 0.15) is 22.3 Å². The molecule has 156 valence electrons. The molecule has 0 saturated heterocycles. The number of halogens is 2. The zero-order valence-electron chi connectivity index (χ0n) is 15.9. The molecular formula is C22H19F2NO4S. The summed E-state index contributed by atoms with van der Waals surface area (Å²) in [6, 6.07) is 16.7. The van der Waals surface area contributed by atoms with E-state index >= 15 is 0 Å². The average molecular weight is 431 g/mol. The Balaban J connectivity index is 1.77. The molecule has 1 aliphatic rings. The van der Waals surface area contributed by atoms with Gasteiger partial charge in [0.05, 0.1) is 6.61 Å². The van der Waals surface area contributed by atoms with Gasteiger partial charge < -0.3 is 9.47 Å². The van der Waals surface area contributed by atoms with E-state index in [1.165, 1.54) is 30.3 Å². The van der Waals surface area contributed by atoms with Crippen LogP contribution in [0.2, 0.25) is 0 Å². The molecule has 0 bridgehead atoms. The number of hydrogen-bond donors (Lipinski definition) is 0.